The van der Waals surface area contributed by atoms with Crippen LogP contribution >= 0.6 is 11.8 Å². The summed E-state index contributed by atoms with van der Waals surface area (Å²) in [5.41, 5.74) is 1.70. The SMILES string of the molecule is COc1cn(CC(=O)Nc2ccccc2F)c(CSc2ccc(C)cc2)cc1=O. The molecule has 29 heavy (non-hydrogen) atoms. The second-order valence-corrected chi connectivity index (χ2v) is 7.50. The lowest BCUT2D eigenvalue weighted by Gasteiger charge is -2.15. The zero-order chi connectivity index (χ0) is 20.8. The molecular weight excluding hydrogens is 391 g/mol. The van der Waals surface area contributed by atoms with Crippen molar-refractivity contribution in [1.29, 1.82) is 0 Å². The monoisotopic (exact) mass is 412 g/mol. The van der Waals surface area contributed by atoms with Crippen LogP contribution in [0, 0.1) is 12.7 Å². The zero-order valence-electron chi connectivity index (χ0n) is 16.1. The normalized spacial score (nSPS) is 10.6. The maximum absolute atomic E-state index is 13.8. The minimum atomic E-state index is -0.506. The predicted molar refractivity (Wildman–Crippen MR) is 113 cm³/mol. The number of rotatable bonds is 7. The molecule has 0 saturated heterocycles. The molecule has 1 amide bonds. The van der Waals surface area contributed by atoms with Gasteiger partial charge in [-0.3, -0.25) is 9.59 Å². The van der Waals surface area contributed by atoms with Gasteiger partial charge in [0, 0.05) is 22.4 Å². The van der Waals surface area contributed by atoms with Gasteiger partial charge in [0.1, 0.15) is 12.4 Å². The highest BCUT2D eigenvalue weighted by molar-refractivity contribution is 7.98. The number of benzene rings is 2. The van der Waals surface area contributed by atoms with Crippen molar-refractivity contribution in [2.24, 2.45) is 0 Å². The number of amides is 1. The molecule has 0 bridgehead atoms. The van der Waals surface area contributed by atoms with Crippen molar-refractivity contribution in [3.05, 3.63) is 88.1 Å². The summed E-state index contributed by atoms with van der Waals surface area (Å²) in [5.74, 6) is -0.265. The van der Waals surface area contributed by atoms with Gasteiger partial charge >= 0.3 is 0 Å². The first-order chi connectivity index (χ1) is 14.0. The number of nitrogens with one attached hydrogen (secondary N) is 1. The van der Waals surface area contributed by atoms with E-state index < -0.39 is 11.7 Å². The lowest BCUT2D eigenvalue weighted by Crippen LogP contribution is -2.23. The number of aromatic nitrogens is 1. The van der Waals surface area contributed by atoms with Crippen LogP contribution in [-0.4, -0.2) is 17.6 Å². The van der Waals surface area contributed by atoms with E-state index in [2.05, 4.69) is 5.32 Å². The van der Waals surface area contributed by atoms with Crippen LogP contribution in [0.3, 0.4) is 0 Å². The van der Waals surface area contributed by atoms with Crippen LogP contribution in [0.25, 0.3) is 0 Å². The van der Waals surface area contributed by atoms with E-state index >= 15 is 0 Å². The number of hydrogen-bond donors (Lipinski definition) is 1. The molecule has 0 radical (unpaired) electrons. The Morgan fingerprint density at radius 2 is 1.90 bits per heavy atom. The average Bonchev–Trinajstić information content (AvgIpc) is 2.71. The maximum Gasteiger partial charge on any atom is 0.244 e. The Kier molecular flexibility index (Phi) is 6.72. The quantitative estimate of drug-likeness (QED) is 0.590. The second-order valence-electron chi connectivity index (χ2n) is 6.46. The van der Waals surface area contributed by atoms with Crippen LogP contribution in [-0.2, 0) is 17.1 Å². The first-order valence-electron chi connectivity index (χ1n) is 8.97. The second kappa shape index (κ2) is 9.43. The molecule has 0 atom stereocenters. The van der Waals surface area contributed by atoms with Gasteiger partial charge in [0.2, 0.25) is 11.3 Å². The van der Waals surface area contributed by atoms with Crippen LogP contribution in [0.4, 0.5) is 10.1 Å². The molecule has 1 aromatic heterocycles. The molecule has 5 nitrogen and oxygen atoms in total. The maximum atomic E-state index is 13.8. The van der Waals surface area contributed by atoms with Crippen LogP contribution in [0.5, 0.6) is 5.75 Å². The van der Waals surface area contributed by atoms with E-state index in [9.17, 15) is 14.0 Å². The van der Waals surface area contributed by atoms with E-state index in [1.54, 1.807) is 28.5 Å². The number of pyridine rings is 1. The predicted octanol–water partition coefficient (Wildman–Crippen LogP) is 4.24. The highest BCUT2D eigenvalue weighted by atomic mass is 32.2. The number of aryl methyl sites for hydroxylation is 1. The molecule has 3 aromatic rings. The van der Waals surface area contributed by atoms with Gasteiger partial charge in [-0.05, 0) is 31.2 Å². The fourth-order valence-electron chi connectivity index (χ4n) is 2.72. The Balaban J connectivity index is 1.80. The summed E-state index contributed by atoms with van der Waals surface area (Å²) in [6.45, 7) is 1.94. The van der Waals surface area contributed by atoms with Gasteiger partial charge in [-0.1, -0.05) is 29.8 Å². The number of nitrogens with zero attached hydrogens (tertiary/aromatic N) is 1. The summed E-state index contributed by atoms with van der Waals surface area (Å²) >= 11 is 1.56. The average molecular weight is 412 g/mol. The first kappa shape index (κ1) is 20.7. The van der Waals surface area contributed by atoms with Crippen molar-refractivity contribution >= 4 is 23.4 Å². The molecule has 150 valence electrons. The van der Waals surface area contributed by atoms with Crippen LogP contribution < -0.4 is 15.5 Å². The number of carbonyl (C=O) groups excluding carboxylic acids is 1. The number of carbonyl (C=O) groups is 1. The fourth-order valence-corrected chi connectivity index (χ4v) is 3.61. The van der Waals surface area contributed by atoms with E-state index in [0.717, 1.165) is 4.90 Å². The van der Waals surface area contributed by atoms with Crippen molar-refractivity contribution in [3.63, 3.8) is 0 Å². The van der Waals surface area contributed by atoms with Crippen LogP contribution in [0.1, 0.15) is 11.3 Å². The Labute approximate surface area is 172 Å². The Hall–Kier alpha value is -3.06. The minimum absolute atomic E-state index is 0.0746. The number of hydrogen-bond acceptors (Lipinski definition) is 4. The highest BCUT2D eigenvalue weighted by Gasteiger charge is 2.12. The molecule has 3 rings (SSSR count). The van der Waals surface area contributed by atoms with E-state index in [1.807, 2.05) is 31.2 Å². The number of ether oxygens (including phenoxy) is 1. The molecular formula is C22H21FN2O3S. The third-order valence-electron chi connectivity index (χ3n) is 4.27. The van der Waals surface area contributed by atoms with E-state index in [1.165, 1.54) is 37.1 Å². The third-order valence-corrected chi connectivity index (χ3v) is 5.32. The molecule has 0 aliphatic rings. The van der Waals surface area contributed by atoms with Gasteiger partial charge in [0.15, 0.2) is 5.75 Å². The van der Waals surface area contributed by atoms with E-state index in [-0.39, 0.29) is 23.4 Å². The summed E-state index contributed by atoms with van der Waals surface area (Å²) in [6, 6.07) is 15.5. The van der Waals surface area contributed by atoms with Gasteiger partial charge in [-0.15, -0.1) is 11.8 Å². The molecule has 0 aliphatic carbocycles. The van der Waals surface area contributed by atoms with Crippen molar-refractivity contribution < 1.29 is 13.9 Å². The summed E-state index contributed by atoms with van der Waals surface area (Å²) in [6.07, 6.45) is 1.51. The topological polar surface area (TPSA) is 60.3 Å². The summed E-state index contributed by atoms with van der Waals surface area (Å²) in [4.78, 5) is 25.7. The van der Waals surface area contributed by atoms with Gasteiger partial charge in [0.25, 0.3) is 0 Å². The largest absolute Gasteiger partial charge is 0.491 e. The standard InChI is InChI=1S/C22H21FN2O3S/c1-15-7-9-17(10-8-15)29-14-16-11-20(26)21(28-2)12-25(16)13-22(27)24-19-6-4-3-5-18(19)23/h3-12H,13-14H2,1-2H3,(H,24,27). The molecule has 0 saturated carbocycles. The molecule has 0 fully saturated rings. The smallest absolute Gasteiger partial charge is 0.244 e. The van der Waals surface area contributed by atoms with Crippen molar-refractivity contribution in [1.82, 2.24) is 4.57 Å². The van der Waals surface area contributed by atoms with Gasteiger partial charge in [-0.2, -0.15) is 0 Å². The summed E-state index contributed by atoms with van der Waals surface area (Å²) < 4.78 is 20.5. The lowest BCUT2D eigenvalue weighted by molar-refractivity contribution is -0.116. The Morgan fingerprint density at radius 1 is 1.17 bits per heavy atom. The van der Waals surface area contributed by atoms with E-state index in [0.29, 0.717) is 11.4 Å². The molecule has 1 heterocycles. The van der Waals surface area contributed by atoms with Crippen molar-refractivity contribution in [2.75, 3.05) is 12.4 Å². The molecule has 0 spiro atoms. The Bertz CT molecular complexity index is 1060. The third kappa shape index (κ3) is 5.48. The van der Waals surface area contributed by atoms with Crippen LogP contribution in [0.15, 0.2) is 70.5 Å². The number of methoxy groups -OCH3 is 1. The zero-order valence-corrected chi connectivity index (χ0v) is 17.0. The van der Waals surface area contributed by atoms with Gasteiger partial charge in [-0.25, -0.2) is 4.39 Å². The molecule has 0 unspecified atom stereocenters. The number of para-hydroxylation sites is 1. The lowest BCUT2D eigenvalue weighted by atomic mass is 10.2. The van der Waals surface area contributed by atoms with Crippen molar-refractivity contribution in [3.8, 4) is 5.75 Å². The highest BCUT2D eigenvalue weighted by Crippen LogP contribution is 2.23. The number of thioether (sulfide) groups is 1. The minimum Gasteiger partial charge on any atom is -0.491 e. The first-order valence-corrected chi connectivity index (χ1v) is 9.96. The van der Waals surface area contributed by atoms with E-state index in [4.69, 9.17) is 4.74 Å². The van der Waals surface area contributed by atoms with Crippen molar-refractivity contribution in [2.45, 2.75) is 24.1 Å². The number of halogens is 1. The molecule has 0 aliphatic heterocycles. The summed E-state index contributed by atoms with van der Waals surface area (Å²) in [7, 11) is 1.40. The summed E-state index contributed by atoms with van der Waals surface area (Å²) in [5, 5.41) is 2.56. The van der Waals surface area contributed by atoms with Gasteiger partial charge in [0.05, 0.1) is 19.0 Å². The molecule has 7 heteroatoms. The van der Waals surface area contributed by atoms with Gasteiger partial charge < -0.3 is 14.6 Å². The van der Waals surface area contributed by atoms with Crippen LogP contribution in [0.2, 0.25) is 0 Å². The molecule has 2 aromatic carbocycles. The fraction of sp³-hybridized carbons (Fsp3) is 0.182. The molecule has 1 N–H and O–H groups in total. The Morgan fingerprint density at radius 3 is 2.59 bits per heavy atom. The number of anilines is 1.